The third kappa shape index (κ3) is 6.06. The van der Waals surface area contributed by atoms with Gasteiger partial charge in [0, 0.05) is 37.5 Å². The Morgan fingerprint density at radius 3 is 2.20 bits per heavy atom. The molecule has 158 valence electrons. The Labute approximate surface area is 180 Å². The Balaban J connectivity index is 1.46. The van der Waals surface area contributed by atoms with Crippen LogP contribution in [0.25, 0.3) is 6.08 Å². The van der Waals surface area contributed by atoms with Crippen molar-refractivity contribution in [2.75, 3.05) is 19.6 Å². The van der Waals surface area contributed by atoms with E-state index in [0.717, 1.165) is 5.56 Å². The number of carbonyl (C=O) groups excluding carboxylic acids is 2. The van der Waals surface area contributed by atoms with Crippen molar-refractivity contribution in [1.29, 1.82) is 0 Å². The number of nitrogens with one attached hydrogen (secondary N) is 1. The highest BCUT2D eigenvalue weighted by molar-refractivity contribution is 5.92. The molecular weight excluding hydrogens is 372 g/mol. The number of likely N-dealkylation sites (tertiary alicyclic amines) is 1. The van der Waals surface area contributed by atoms with E-state index < -0.39 is 0 Å². The van der Waals surface area contributed by atoms with E-state index in [0.29, 0.717) is 44.3 Å². The molecule has 1 unspecified atom stereocenters. The molecule has 1 saturated heterocycles. The first-order valence-corrected chi connectivity index (χ1v) is 10.9. The fourth-order valence-electron chi connectivity index (χ4n) is 3.99. The molecule has 2 amide bonds. The highest BCUT2D eigenvalue weighted by Crippen LogP contribution is 2.24. The predicted molar refractivity (Wildman–Crippen MR) is 122 cm³/mol. The first-order valence-electron chi connectivity index (χ1n) is 10.9. The minimum absolute atomic E-state index is 0.0154. The second-order valence-corrected chi connectivity index (χ2v) is 8.35. The maximum absolute atomic E-state index is 12.7. The number of hydrogen-bond acceptors (Lipinski definition) is 2. The van der Waals surface area contributed by atoms with Crippen molar-refractivity contribution in [3.63, 3.8) is 0 Å². The van der Waals surface area contributed by atoms with Gasteiger partial charge in [0.05, 0.1) is 0 Å². The van der Waals surface area contributed by atoms with Crippen LogP contribution in [0.15, 0.2) is 66.7 Å². The van der Waals surface area contributed by atoms with Crippen molar-refractivity contribution in [2.45, 2.75) is 32.6 Å². The lowest BCUT2D eigenvalue weighted by Gasteiger charge is -2.31. The Morgan fingerprint density at radius 2 is 1.60 bits per heavy atom. The molecule has 1 aliphatic rings. The highest BCUT2D eigenvalue weighted by Gasteiger charge is 2.27. The normalized spacial score (nSPS) is 16.0. The van der Waals surface area contributed by atoms with Crippen LogP contribution in [0.4, 0.5) is 0 Å². The summed E-state index contributed by atoms with van der Waals surface area (Å²) < 4.78 is 0. The van der Waals surface area contributed by atoms with Crippen LogP contribution in [0.5, 0.6) is 0 Å². The van der Waals surface area contributed by atoms with Gasteiger partial charge in [0.1, 0.15) is 0 Å². The second-order valence-electron chi connectivity index (χ2n) is 8.35. The zero-order valence-electron chi connectivity index (χ0n) is 18.0. The molecule has 0 spiro atoms. The van der Waals surface area contributed by atoms with Gasteiger partial charge in [-0.1, -0.05) is 74.5 Å². The summed E-state index contributed by atoms with van der Waals surface area (Å²) in [6, 6.07) is 20.2. The van der Waals surface area contributed by atoms with Crippen molar-refractivity contribution in [1.82, 2.24) is 10.2 Å². The van der Waals surface area contributed by atoms with Crippen LogP contribution in [0.3, 0.4) is 0 Å². The number of carbonyl (C=O) groups is 2. The first-order chi connectivity index (χ1) is 14.5. The molecule has 4 heteroatoms. The maximum Gasteiger partial charge on any atom is 0.246 e. The van der Waals surface area contributed by atoms with E-state index in [-0.39, 0.29) is 17.7 Å². The minimum Gasteiger partial charge on any atom is -0.355 e. The molecule has 3 rings (SSSR count). The summed E-state index contributed by atoms with van der Waals surface area (Å²) >= 11 is 0. The Morgan fingerprint density at radius 1 is 1.00 bits per heavy atom. The number of nitrogens with zero attached hydrogens (tertiary/aromatic N) is 1. The van der Waals surface area contributed by atoms with Crippen molar-refractivity contribution in [2.24, 2.45) is 11.8 Å². The molecule has 4 nitrogen and oxygen atoms in total. The van der Waals surface area contributed by atoms with Gasteiger partial charge in [0.25, 0.3) is 0 Å². The molecular formula is C26H32N2O2. The fourth-order valence-corrected chi connectivity index (χ4v) is 3.99. The molecule has 0 bridgehead atoms. The summed E-state index contributed by atoms with van der Waals surface area (Å²) in [6.45, 7) is 6.29. The quantitative estimate of drug-likeness (QED) is 0.691. The van der Waals surface area contributed by atoms with Gasteiger partial charge in [0.2, 0.25) is 11.8 Å². The van der Waals surface area contributed by atoms with E-state index in [4.69, 9.17) is 0 Å². The van der Waals surface area contributed by atoms with Crippen LogP contribution >= 0.6 is 0 Å². The van der Waals surface area contributed by atoms with E-state index in [1.165, 1.54) is 5.56 Å². The van der Waals surface area contributed by atoms with Crippen LogP contribution < -0.4 is 5.32 Å². The first kappa shape index (κ1) is 21.8. The van der Waals surface area contributed by atoms with Crippen LogP contribution in [0.2, 0.25) is 0 Å². The zero-order chi connectivity index (χ0) is 21.3. The predicted octanol–water partition coefficient (Wildman–Crippen LogP) is 4.49. The lowest BCUT2D eigenvalue weighted by atomic mass is 9.88. The molecule has 30 heavy (non-hydrogen) atoms. The molecule has 0 aromatic heterocycles. The fraction of sp³-hybridized carbons (Fsp3) is 0.385. The molecule has 1 aliphatic heterocycles. The van der Waals surface area contributed by atoms with Gasteiger partial charge in [-0.3, -0.25) is 9.59 Å². The van der Waals surface area contributed by atoms with Crippen LogP contribution in [0, 0.1) is 11.8 Å². The van der Waals surface area contributed by atoms with Crippen molar-refractivity contribution >= 4 is 17.9 Å². The molecule has 2 aromatic rings. The van der Waals surface area contributed by atoms with E-state index in [1.54, 1.807) is 6.08 Å². The summed E-state index contributed by atoms with van der Waals surface area (Å²) in [5, 5.41) is 3.17. The van der Waals surface area contributed by atoms with Gasteiger partial charge in [-0.15, -0.1) is 0 Å². The van der Waals surface area contributed by atoms with E-state index in [9.17, 15) is 9.59 Å². The van der Waals surface area contributed by atoms with Gasteiger partial charge in [-0.2, -0.15) is 0 Å². The molecule has 1 N–H and O–H groups in total. The van der Waals surface area contributed by atoms with Gasteiger partial charge in [0.15, 0.2) is 0 Å². The lowest BCUT2D eigenvalue weighted by Crippen LogP contribution is -2.43. The average molecular weight is 405 g/mol. The van der Waals surface area contributed by atoms with Crippen LogP contribution in [-0.2, 0) is 9.59 Å². The third-order valence-electron chi connectivity index (χ3n) is 5.92. The number of piperidine rings is 1. The van der Waals surface area contributed by atoms with Gasteiger partial charge in [-0.05, 0) is 36.0 Å². The van der Waals surface area contributed by atoms with Crippen molar-refractivity contribution < 1.29 is 9.59 Å². The molecule has 1 fully saturated rings. The monoisotopic (exact) mass is 404 g/mol. The summed E-state index contributed by atoms with van der Waals surface area (Å²) in [5.74, 6) is 0.865. The SMILES string of the molecule is CC(C)C(CNC(=O)C1CCN(C(=O)/C=C/c2ccccc2)CC1)c1ccccc1. The number of amides is 2. The van der Waals surface area contributed by atoms with E-state index >= 15 is 0 Å². The topological polar surface area (TPSA) is 49.4 Å². The summed E-state index contributed by atoms with van der Waals surface area (Å²) in [4.78, 5) is 27.0. The number of benzene rings is 2. The van der Waals surface area contributed by atoms with Gasteiger partial charge < -0.3 is 10.2 Å². The number of hydrogen-bond donors (Lipinski definition) is 1. The number of rotatable bonds is 7. The summed E-state index contributed by atoms with van der Waals surface area (Å²) in [5.41, 5.74) is 2.27. The van der Waals surface area contributed by atoms with Gasteiger partial charge >= 0.3 is 0 Å². The van der Waals surface area contributed by atoms with Gasteiger partial charge in [-0.25, -0.2) is 0 Å². The second kappa shape index (κ2) is 10.8. The standard InChI is InChI=1S/C26H32N2O2/c1-20(2)24(22-11-7-4-8-12-22)19-27-26(30)23-15-17-28(18-16-23)25(29)14-13-21-9-5-3-6-10-21/h3-14,20,23-24H,15-19H2,1-2H3,(H,27,30)/b14-13+. The summed E-state index contributed by atoms with van der Waals surface area (Å²) in [6.07, 6.45) is 4.91. The molecule has 0 radical (unpaired) electrons. The van der Waals surface area contributed by atoms with Crippen LogP contribution in [-0.4, -0.2) is 36.3 Å². The molecule has 1 atom stereocenters. The lowest BCUT2D eigenvalue weighted by molar-refractivity contribution is -0.132. The van der Waals surface area contributed by atoms with E-state index in [1.807, 2.05) is 59.5 Å². The Hall–Kier alpha value is -2.88. The molecule has 1 heterocycles. The largest absolute Gasteiger partial charge is 0.355 e. The van der Waals surface area contributed by atoms with Crippen molar-refractivity contribution in [3.8, 4) is 0 Å². The molecule has 0 saturated carbocycles. The van der Waals surface area contributed by atoms with E-state index in [2.05, 4.69) is 31.3 Å². The smallest absolute Gasteiger partial charge is 0.246 e. The highest BCUT2D eigenvalue weighted by atomic mass is 16.2. The zero-order valence-corrected chi connectivity index (χ0v) is 18.0. The van der Waals surface area contributed by atoms with Crippen LogP contribution in [0.1, 0.15) is 43.7 Å². The minimum atomic E-state index is -0.0178. The average Bonchev–Trinajstić information content (AvgIpc) is 2.79. The maximum atomic E-state index is 12.7. The third-order valence-corrected chi connectivity index (χ3v) is 5.92. The summed E-state index contributed by atoms with van der Waals surface area (Å²) in [7, 11) is 0. The Bertz CT molecular complexity index is 838. The molecule has 0 aliphatic carbocycles. The Kier molecular flexibility index (Phi) is 7.83. The van der Waals surface area contributed by atoms with Crippen molar-refractivity contribution in [3.05, 3.63) is 77.9 Å². The molecule has 2 aromatic carbocycles.